The summed E-state index contributed by atoms with van der Waals surface area (Å²) in [4.78, 5) is 22.7. The van der Waals surface area contributed by atoms with E-state index in [9.17, 15) is 9.59 Å². The fourth-order valence-corrected chi connectivity index (χ4v) is 1.79. The molecule has 0 fully saturated rings. The molecule has 4 N–H and O–H groups in total. The van der Waals surface area contributed by atoms with Crippen LogP contribution in [-0.4, -0.2) is 19.6 Å². The van der Waals surface area contributed by atoms with E-state index >= 15 is 0 Å². The molecular formula is C13H23N3O2. The first-order chi connectivity index (χ1) is 8.61. The Labute approximate surface area is 107 Å². The number of hydrogen-bond donors (Lipinski definition) is 3. The van der Waals surface area contributed by atoms with Gasteiger partial charge in [-0.25, -0.2) is 0 Å². The van der Waals surface area contributed by atoms with E-state index in [0.717, 1.165) is 19.4 Å². The first kappa shape index (κ1) is 14.7. The van der Waals surface area contributed by atoms with E-state index < -0.39 is 10.9 Å². The Morgan fingerprint density at radius 3 is 2.17 bits per heavy atom. The third-order valence-corrected chi connectivity index (χ3v) is 3.23. The maximum atomic E-state index is 11.4. The van der Waals surface area contributed by atoms with Gasteiger partial charge in [-0.1, -0.05) is 20.3 Å². The van der Waals surface area contributed by atoms with Gasteiger partial charge >= 0.3 is 0 Å². The van der Waals surface area contributed by atoms with Crippen LogP contribution in [0.25, 0.3) is 0 Å². The minimum absolute atomic E-state index is 0.397. The molecule has 0 aliphatic rings. The van der Waals surface area contributed by atoms with Crippen LogP contribution < -0.4 is 27.2 Å². The number of hydrogen-bond acceptors (Lipinski definition) is 5. The van der Waals surface area contributed by atoms with Gasteiger partial charge in [-0.05, 0) is 18.8 Å². The van der Waals surface area contributed by atoms with E-state index in [1.165, 1.54) is 6.42 Å². The molecule has 0 saturated heterocycles. The van der Waals surface area contributed by atoms with Gasteiger partial charge in [0.1, 0.15) is 11.4 Å². The molecule has 0 heterocycles. The summed E-state index contributed by atoms with van der Waals surface area (Å²) in [6, 6.07) is 0. The predicted molar refractivity (Wildman–Crippen MR) is 76.1 cm³/mol. The molecule has 5 nitrogen and oxygen atoms in total. The lowest BCUT2D eigenvalue weighted by atomic mass is 10.0. The second-order valence-corrected chi connectivity index (χ2v) is 4.71. The van der Waals surface area contributed by atoms with Crippen LogP contribution in [0.3, 0.4) is 0 Å². The Morgan fingerprint density at radius 1 is 1.11 bits per heavy atom. The molecule has 1 atom stereocenters. The van der Waals surface area contributed by atoms with Crippen LogP contribution in [0.15, 0.2) is 9.59 Å². The minimum atomic E-state index is -0.437. The summed E-state index contributed by atoms with van der Waals surface area (Å²) in [5, 5.41) is 5.93. The fraction of sp³-hybridized carbons (Fsp3) is 0.692. The van der Waals surface area contributed by atoms with Crippen molar-refractivity contribution in [2.75, 3.05) is 30.3 Å². The highest BCUT2D eigenvalue weighted by atomic mass is 16.2. The van der Waals surface area contributed by atoms with Crippen LogP contribution in [0.2, 0.25) is 0 Å². The zero-order valence-electron chi connectivity index (χ0n) is 11.2. The summed E-state index contributed by atoms with van der Waals surface area (Å²) < 4.78 is 0. The Morgan fingerprint density at radius 2 is 1.67 bits per heavy atom. The Kier molecular flexibility index (Phi) is 5.85. The second kappa shape index (κ2) is 7.16. The summed E-state index contributed by atoms with van der Waals surface area (Å²) in [6.07, 6.45) is 3.30. The molecule has 102 valence electrons. The molecule has 0 aliphatic carbocycles. The second-order valence-electron chi connectivity index (χ2n) is 4.71. The third-order valence-electron chi connectivity index (χ3n) is 3.23. The van der Waals surface area contributed by atoms with Crippen LogP contribution in [0.1, 0.15) is 33.1 Å². The first-order valence-corrected chi connectivity index (χ1v) is 6.62. The molecule has 0 aromatic heterocycles. The number of nitrogens with two attached hydrogens (primary N) is 1. The Bertz CT molecular complexity index is 435. The smallest absolute Gasteiger partial charge is 0.253 e. The monoisotopic (exact) mass is 253 g/mol. The van der Waals surface area contributed by atoms with Gasteiger partial charge in [-0.15, -0.1) is 0 Å². The van der Waals surface area contributed by atoms with Crippen molar-refractivity contribution in [3.05, 3.63) is 20.4 Å². The van der Waals surface area contributed by atoms with Crippen molar-refractivity contribution in [1.29, 1.82) is 0 Å². The minimum Gasteiger partial charge on any atom is -0.380 e. The van der Waals surface area contributed by atoms with Gasteiger partial charge in [0.15, 0.2) is 0 Å². The summed E-state index contributed by atoms with van der Waals surface area (Å²) in [7, 11) is 0. The van der Waals surface area contributed by atoms with Crippen molar-refractivity contribution in [3.63, 3.8) is 0 Å². The Balaban J connectivity index is 2.40. The van der Waals surface area contributed by atoms with E-state index in [2.05, 4.69) is 24.5 Å². The maximum absolute atomic E-state index is 11.4. The van der Waals surface area contributed by atoms with Gasteiger partial charge in [0.05, 0.1) is 0 Å². The predicted octanol–water partition coefficient (Wildman–Crippen LogP) is 0.891. The van der Waals surface area contributed by atoms with E-state index in [1.807, 2.05) is 0 Å². The number of nitrogens with one attached hydrogen (secondary N) is 2. The first-order valence-electron chi connectivity index (χ1n) is 6.62. The van der Waals surface area contributed by atoms with E-state index in [4.69, 9.17) is 5.73 Å². The molecule has 1 aromatic carbocycles. The molecule has 18 heavy (non-hydrogen) atoms. The van der Waals surface area contributed by atoms with E-state index in [0.29, 0.717) is 30.4 Å². The van der Waals surface area contributed by atoms with Gasteiger partial charge in [0, 0.05) is 19.6 Å². The average molecular weight is 253 g/mol. The third kappa shape index (κ3) is 3.57. The van der Waals surface area contributed by atoms with Crippen LogP contribution in [0.5, 0.6) is 0 Å². The number of rotatable bonds is 9. The van der Waals surface area contributed by atoms with Crippen molar-refractivity contribution in [2.24, 2.45) is 11.7 Å². The molecule has 5 heteroatoms. The largest absolute Gasteiger partial charge is 0.380 e. The van der Waals surface area contributed by atoms with Gasteiger partial charge in [0.25, 0.3) is 10.9 Å². The molecular weight excluding hydrogens is 230 g/mol. The summed E-state index contributed by atoms with van der Waals surface area (Å²) in [5.74, 6) is 0.703. The summed E-state index contributed by atoms with van der Waals surface area (Å²) in [6.45, 7) is 6.06. The van der Waals surface area contributed by atoms with Crippen molar-refractivity contribution >= 4 is 11.4 Å². The fourth-order valence-electron chi connectivity index (χ4n) is 1.79. The van der Waals surface area contributed by atoms with Crippen LogP contribution >= 0.6 is 0 Å². The van der Waals surface area contributed by atoms with Gasteiger partial charge in [-0.2, -0.15) is 0 Å². The highest BCUT2D eigenvalue weighted by Gasteiger charge is 2.19. The summed E-state index contributed by atoms with van der Waals surface area (Å²) >= 11 is 0. The van der Waals surface area contributed by atoms with Crippen molar-refractivity contribution < 1.29 is 0 Å². The van der Waals surface area contributed by atoms with Crippen LogP contribution in [-0.2, 0) is 0 Å². The van der Waals surface area contributed by atoms with Gasteiger partial charge in [-0.3, -0.25) is 9.59 Å². The average Bonchev–Trinajstić information content (AvgIpc) is 2.40. The van der Waals surface area contributed by atoms with Crippen LogP contribution in [0.4, 0.5) is 11.4 Å². The summed E-state index contributed by atoms with van der Waals surface area (Å²) in [5.41, 5.74) is 5.32. The van der Waals surface area contributed by atoms with Gasteiger partial charge in [0.2, 0.25) is 0 Å². The zero-order chi connectivity index (χ0) is 13.5. The SMILES string of the molecule is CCC(C)CCCNc1c(NCCN)c(=O)c1=O. The standard InChI is InChI=1S/C13H23N3O2/c1-3-9(2)5-4-7-15-10-11(16-8-6-14)13(18)12(10)17/h9,15-16H,3-8,14H2,1-2H3. The lowest BCUT2D eigenvalue weighted by molar-refractivity contribution is 0.503. The molecule has 0 spiro atoms. The molecule has 1 aromatic rings. The van der Waals surface area contributed by atoms with Crippen molar-refractivity contribution in [2.45, 2.75) is 33.1 Å². The molecule has 0 amide bonds. The molecule has 1 rings (SSSR count). The molecule has 0 bridgehead atoms. The lowest BCUT2D eigenvalue weighted by Crippen LogP contribution is -2.38. The van der Waals surface area contributed by atoms with E-state index in [-0.39, 0.29) is 0 Å². The normalized spacial score (nSPS) is 12.6. The lowest BCUT2D eigenvalue weighted by Gasteiger charge is -2.15. The highest BCUT2D eigenvalue weighted by molar-refractivity contribution is 5.73. The maximum Gasteiger partial charge on any atom is 0.253 e. The van der Waals surface area contributed by atoms with Crippen molar-refractivity contribution in [1.82, 2.24) is 0 Å². The van der Waals surface area contributed by atoms with Gasteiger partial charge < -0.3 is 16.4 Å². The molecule has 0 saturated carbocycles. The molecule has 1 unspecified atom stereocenters. The topological polar surface area (TPSA) is 84.2 Å². The number of anilines is 2. The van der Waals surface area contributed by atoms with Crippen molar-refractivity contribution in [3.8, 4) is 0 Å². The van der Waals surface area contributed by atoms with E-state index in [1.54, 1.807) is 0 Å². The molecule has 0 radical (unpaired) electrons. The zero-order valence-corrected chi connectivity index (χ0v) is 11.2. The Hall–Kier alpha value is -1.36. The highest BCUT2D eigenvalue weighted by Crippen LogP contribution is 2.15. The van der Waals surface area contributed by atoms with Crippen LogP contribution in [0, 0.1) is 5.92 Å². The quantitative estimate of drug-likeness (QED) is 0.449. The molecule has 0 aliphatic heterocycles.